The van der Waals surface area contributed by atoms with Crippen LogP contribution < -0.4 is 14.9 Å². The van der Waals surface area contributed by atoms with Crippen molar-refractivity contribution >= 4 is 23.7 Å². The van der Waals surface area contributed by atoms with Crippen LogP contribution in [0.2, 0.25) is 5.02 Å². The summed E-state index contributed by atoms with van der Waals surface area (Å²) in [6.45, 7) is 2.92. The molecule has 0 aliphatic carbocycles. The van der Waals surface area contributed by atoms with Gasteiger partial charge in [0, 0.05) is 5.56 Å². The van der Waals surface area contributed by atoms with E-state index in [2.05, 4.69) is 10.5 Å². The Bertz CT molecular complexity index is 757. The van der Waals surface area contributed by atoms with Gasteiger partial charge in [-0.15, -0.1) is 0 Å². The summed E-state index contributed by atoms with van der Waals surface area (Å²) in [4.78, 5) is 12.0. The van der Waals surface area contributed by atoms with Crippen LogP contribution in [0.25, 0.3) is 0 Å². The van der Waals surface area contributed by atoms with E-state index in [1.165, 1.54) is 6.21 Å². The van der Waals surface area contributed by atoms with Crippen molar-refractivity contribution in [1.82, 2.24) is 5.43 Å². The van der Waals surface area contributed by atoms with Gasteiger partial charge in [0.05, 0.1) is 11.2 Å². The third kappa shape index (κ3) is 3.63. The minimum absolute atomic E-state index is 0.273. The van der Waals surface area contributed by atoms with E-state index in [0.717, 1.165) is 5.56 Å². The molecule has 118 valence electrons. The summed E-state index contributed by atoms with van der Waals surface area (Å²) in [7, 11) is 0. The Morgan fingerprint density at radius 3 is 2.74 bits per heavy atom. The van der Waals surface area contributed by atoms with E-state index in [-0.39, 0.29) is 5.91 Å². The molecule has 0 fully saturated rings. The molecule has 23 heavy (non-hydrogen) atoms. The first-order valence-corrected chi connectivity index (χ1v) is 7.50. The van der Waals surface area contributed by atoms with Crippen LogP contribution in [0.1, 0.15) is 21.5 Å². The average molecular weight is 331 g/mol. The summed E-state index contributed by atoms with van der Waals surface area (Å²) >= 11 is 6.15. The fourth-order valence-electron chi connectivity index (χ4n) is 2.14. The number of ether oxygens (including phenoxy) is 2. The molecule has 6 heteroatoms. The molecule has 2 aromatic carbocycles. The molecule has 2 aromatic rings. The topological polar surface area (TPSA) is 59.9 Å². The number of hydrogen-bond acceptors (Lipinski definition) is 4. The average Bonchev–Trinajstić information content (AvgIpc) is 2.55. The maximum absolute atomic E-state index is 12.0. The highest BCUT2D eigenvalue weighted by molar-refractivity contribution is 6.32. The molecule has 1 aliphatic rings. The second-order valence-corrected chi connectivity index (χ2v) is 5.50. The number of hydrazone groups is 1. The minimum atomic E-state index is -0.273. The first-order chi connectivity index (χ1) is 11.1. The lowest BCUT2D eigenvalue weighted by molar-refractivity contribution is 0.0955. The Morgan fingerprint density at radius 2 is 1.96 bits per heavy atom. The lowest BCUT2D eigenvalue weighted by atomic mass is 10.1. The zero-order chi connectivity index (χ0) is 16.2. The minimum Gasteiger partial charge on any atom is -0.486 e. The van der Waals surface area contributed by atoms with Gasteiger partial charge < -0.3 is 9.47 Å². The van der Waals surface area contributed by atoms with Crippen LogP contribution in [0.3, 0.4) is 0 Å². The van der Waals surface area contributed by atoms with Crippen molar-refractivity contribution in [3.63, 3.8) is 0 Å². The van der Waals surface area contributed by atoms with Gasteiger partial charge in [-0.25, -0.2) is 5.43 Å². The molecule has 1 N–H and O–H groups in total. The molecule has 0 unspecified atom stereocenters. The Hall–Kier alpha value is -2.53. The second-order valence-electron chi connectivity index (χ2n) is 5.09. The normalized spacial score (nSPS) is 13.1. The number of amides is 1. The van der Waals surface area contributed by atoms with Gasteiger partial charge in [0.2, 0.25) is 0 Å². The van der Waals surface area contributed by atoms with E-state index in [4.69, 9.17) is 21.1 Å². The summed E-state index contributed by atoms with van der Waals surface area (Å²) in [5.74, 6) is 0.846. The van der Waals surface area contributed by atoms with Gasteiger partial charge in [0.1, 0.15) is 13.2 Å². The van der Waals surface area contributed by atoms with Crippen molar-refractivity contribution in [1.29, 1.82) is 0 Å². The van der Waals surface area contributed by atoms with Crippen LogP contribution in [0.4, 0.5) is 0 Å². The van der Waals surface area contributed by atoms with E-state index < -0.39 is 0 Å². The summed E-state index contributed by atoms with van der Waals surface area (Å²) in [5, 5.41) is 4.40. The third-order valence-corrected chi connectivity index (χ3v) is 3.59. The summed E-state index contributed by atoms with van der Waals surface area (Å²) in [5.41, 5.74) is 4.84. The smallest absolute Gasteiger partial charge is 0.271 e. The largest absolute Gasteiger partial charge is 0.486 e. The molecule has 3 rings (SSSR count). The van der Waals surface area contributed by atoms with E-state index >= 15 is 0 Å². The quantitative estimate of drug-likeness (QED) is 0.694. The highest BCUT2D eigenvalue weighted by Gasteiger charge is 2.16. The molecule has 1 amide bonds. The van der Waals surface area contributed by atoms with Crippen LogP contribution >= 0.6 is 11.6 Å². The fraction of sp³-hybridized carbons (Fsp3) is 0.176. The molecule has 1 aliphatic heterocycles. The molecule has 1 heterocycles. The number of fused-ring (bicyclic) bond motifs is 1. The summed E-state index contributed by atoms with van der Waals surface area (Å²) < 4.78 is 10.9. The molecule has 0 saturated carbocycles. The number of benzene rings is 2. The molecule has 5 nitrogen and oxygen atoms in total. The van der Waals surface area contributed by atoms with Crippen molar-refractivity contribution in [3.05, 3.63) is 58.1 Å². The number of rotatable bonds is 3. The Labute approximate surface area is 138 Å². The molecule has 0 atom stereocenters. The predicted molar refractivity (Wildman–Crippen MR) is 88.7 cm³/mol. The standard InChI is InChI=1S/C17H15ClN2O3/c1-11-2-4-13(5-3-11)17(21)20-19-10-12-8-14(18)16-15(9-12)22-6-7-23-16/h2-5,8-10H,6-7H2,1H3,(H,20,21)/b19-10-. The van der Waals surface area contributed by atoms with Crippen LogP contribution in [0.5, 0.6) is 11.5 Å². The van der Waals surface area contributed by atoms with Gasteiger partial charge in [-0.05, 0) is 36.8 Å². The second kappa shape index (κ2) is 6.71. The van der Waals surface area contributed by atoms with Gasteiger partial charge in [0.15, 0.2) is 11.5 Å². The molecule has 0 bridgehead atoms. The van der Waals surface area contributed by atoms with Crippen LogP contribution in [-0.2, 0) is 0 Å². The van der Waals surface area contributed by atoms with Crippen molar-refractivity contribution in [2.24, 2.45) is 5.10 Å². The number of nitrogens with one attached hydrogen (secondary N) is 1. The summed E-state index contributed by atoms with van der Waals surface area (Å²) in [6, 6.07) is 10.7. The van der Waals surface area contributed by atoms with Crippen molar-refractivity contribution in [2.75, 3.05) is 13.2 Å². The number of hydrogen-bond donors (Lipinski definition) is 1. The lowest BCUT2D eigenvalue weighted by Gasteiger charge is -2.19. The first kappa shape index (κ1) is 15.4. The SMILES string of the molecule is Cc1ccc(C(=O)N/N=C\c2cc(Cl)c3c(c2)OCCO3)cc1. The van der Waals surface area contributed by atoms with Gasteiger partial charge in [-0.3, -0.25) is 4.79 Å². The van der Waals surface area contributed by atoms with Gasteiger partial charge in [-0.2, -0.15) is 5.10 Å². The highest BCUT2D eigenvalue weighted by atomic mass is 35.5. The summed E-state index contributed by atoms with van der Waals surface area (Å²) in [6.07, 6.45) is 1.51. The number of carbonyl (C=O) groups is 1. The van der Waals surface area contributed by atoms with Gasteiger partial charge in [-0.1, -0.05) is 29.3 Å². The molecule has 0 spiro atoms. The number of carbonyl (C=O) groups excluding carboxylic acids is 1. The molecule has 0 radical (unpaired) electrons. The number of aryl methyl sites for hydroxylation is 1. The highest BCUT2D eigenvalue weighted by Crippen LogP contribution is 2.37. The predicted octanol–water partition coefficient (Wildman–Crippen LogP) is 3.18. The fourth-order valence-corrected chi connectivity index (χ4v) is 2.41. The zero-order valence-corrected chi connectivity index (χ0v) is 13.3. The monoisotopic (exact) mass is 330 g/mol. The molecular formula is C17H15ClN2O3. The van der Waals surface area contributed by atoms with Crippen LogP contribution in [0, 0.1) is 6.92 Å². The first-order valence-electron chi connectivity index (χ1n) is 7.13. The van der Waals surface area contributed by atoms with E-state index in [1.54, 1.807) is 24.3 Å². The zero-order valence-electron chi connectivity index (χ0n) is 12.5. The third-order valence-electron chi connectivity index (χ3n) is 3.31. The Balaban J connectivity index is 1.69. The van der Waals surface area contributed by atoms with E-state index in [9.17, 15) is 4.79 Å². The van der Waals surface area contributed by atoms with Crippen LogP contribution in [0.15, 0.2) is 41.5 Å². The number of nitrogens with zero attached hydrogens (tertiary/aromatic N) is 1. The van der Waals surface area contributed by atoms with Gasteiger partial charge in [0.25, 0.3) is 5.91 Å². The maximum atomic E-state index is 12.0. The van der Waals surface area contributed by atoms with E-state index in [1.807, 2.05) is 19.1 Å². The van der Waals surface area contributed by atoms with Gasteiger partial charge >= 0.3 is 0 Å². The Kier molecular flexibility index (Phi) is 4.48. The molecule has 0 saturated heterocycles. The van der Waals surface area contributed by atoms with Crippen LogP contribution in [-0.4, -0.2) is 25.3 Å². The van der Waals surface area contributed by atoms with Crippen molar-refractivity contribution < 1.29 is 14.3 Å². The maximum Gasteiger partial charge on any atom is 0.271 e. The Morgan fingerprint density at radius 1 is 1.22 bits per heavy atom. The van der Waals surface area contributed by atoms with E-state index in [0.29, 0.717) is 40.9 Å². The number of halogens is 1. The molecular weight excluding hydrogens is 316 g/mol. The van der Waals surface area contributed by atoms with Crippen molar-refractivity contribution in [3.8, 4) is 11.5 Å². The van der Waals surface area contributed by atoms with Crippen molar-refractivity contribution in [2.45, 2.75) is 6.92 Å². The lowest BCUT2D eigenvalue weighted by Crippen LogP contribution is -2.17. The molecule has 0 aromatic heterocycles.